The molecule has 0 radical (unpaired) electrons. The van der Waals surface area contributed by atoms with Crippen LogP contribution in [-0.4, -0.2) is 30.2 Å². The van der Waals surface area contributed by atoms with Crippen LogP contribution in [0.15, 0.2) is 0 Å². The van der Waals surface area contributed by atoms with E-state index in [2.05, 4.69) is 22.9 Å². The van der Waals surface area contributed by atoms with Gasteiger partial charge in [-0.3, -0.25) is 4.79 Å². The van der Waals surface area contributed by atoms with Gasteiger partial charge in [0.1, 0.15) is 6.54 Å². The van der Waals surface area contributed by atoms with Gasteiger partial charge in [-0.25, -0.2) is 0 Å². The molecule has 2 aliphatic rings. The SMILES string of the molecule is CC1CC[NH+](CC(=O)C2CCC(Br)CC2)CC1. The van der Waals surface area contributed by atoms with Gasteiger partial charge in [-0.05, 0) is 44.4 Å². The Hall–Kier alpha value is 0.110. The van der Waals surface area contributed by atoms with Crippen LogP contribution in [0.25, 0.3) is 0 Å². The Balaban J connectivity index is 1.73. The Bertz CT molecular complexity index is 253. The minimum absolute atomic E-state index is 0.371. The topological polar surface area (TPSA) is 21.5 Å². The van der Waals surface area contributed by atoms with Crippen LogP contribution < -0.4 is 4.90 Å². The Morgan fingerprint density at radius 2 is 1.71 bits per heavy atom. The molecule has 98 valence electrons. The van der Waals surface area contributed by atoms with Gasteiger partial charge in [-0.2, -0.15) is 0 Å². The van der Waals surface area contributed by atoms with Crippen molar-refractivity contribution in [2.24, 2.45) is 11.8 Å². The number of halogens is 1. The van der Waals surface area contributed by atoms with Gasteiger partial charge in [-0.15, -0.1) is 0 Å². The van der Waals surface area contributed by atoms with E-state index in [0.717, 1.165) is 25.3 Å². The third-order valence-corrected chi connectivity index (χ3v) is 5.43. The molecule has 0 bridgehead atoms. The van der Waals surface area contributed by atoms with Crippen molar-refractivity contribution in [3.05, 3.63) is 0 Å². The first-order valence-corrected chi connectivity index (χ1v) is 8.07. The van der Waals surface area contributed by atoms with Gasteiger partial charge in [0, 0.05) is 10.7 Å². The van der Waals surface area contributed by atoms with E-state index in [-0.39, 0.29) is 0 Å². The van der Waals surface area contributed by atoms with Gasteiger partial charge in [0.05, 0.1) is 13.1 Å². The number of Topliss-reactive ketones (excluding diaryl/α,β-unsaturated/α-hetero) is 1. The maximum absolute atomic E-state index is 12.2. The van der Waals surface area contributed by atoms with Crippen molar-refractivity contribution in [1.29, 1.82) is 0 Å². The van der Waals surface area contributed by atoms with Crippen molar-refractivity contribution >= 4 is 21.7 Å². The molecular weight excluding hydrogens is 278 g/mol. The highest BCUT2D eigenvalue weighted by Gasteiger charge is 2.28. The molecule has 2 rings (SSSR count). The molecule has 1 aliphatic heterocycles. The van der Waals surface area contributed by atoms with E-state index < -0.39 is 0 Å². The number of rotatable bonds is 3. The molecule has 0 spiro atoms. The van der Waals surface area contributed by atoms with E-state index in [4.69, 9.17) is 0 Å². The molecule has 0 amide bonds. The van der Waals surface area contributed by atoms with E-state index in [0.29, 0.717) is 16.5 Å². The van der Waals surface area contributed by atoms with E-state index in [1.165, 1.54) is 43.7 Å². The fourth-order valence-corrected chi connectivity index (χ4v) is 3.64. The molecule has 2 nitrogen and oxygen atoms in total. The second-order valence-corrected chi connectivity index (χ2v) is 7.32. The summed E-state index contributed by atoms with van der Waals surface area (Å²) in [6, 6.07) is 0. The molecule has 0 atom stereocenters. The number of carbonyl (C=O) groups is 1. The third kappa shape index (κ3) is 4.06. The summed E-state index contributed by atoms with van der Waals surface area (Å²) in [6.07, 6.45) is 7.19. The van der Waals surface area contributed by atoms with Crippen molar-refractivity contribution in [2.75, 3.05) is 19.6 Å². The Morgan fingerprint density at radius 1 is 1.12 bits per heavy atom. The predicted molar refractivity (Wildman–Crippen MR) is 73.6 cm³/mol. The molecule has 1 aliphatic carbocycles. The number of hydrogen-bond donors (Lipinski definition) is 1. The van der Waals surface area contributed by atoms with Gasteiger partial charge in [0.2, 0.25) is 0 Å². The van der Waals surface area contributed by atoms with Crippen molar-refractivity contribution < 1.29 is 9.69 Å². The van der Waals surface area contributed by atoms with Crippen molar-refractivity contribution in [3.8, 4) is 0 Å². The molecule has 1 heterocycles. The molecule has 17 heavy (non-hydrogen) atoms. The number of alkyl halides is 1. The van der Waals surface area contributed by atoms with Crippen LogP contribution in [0.2, 0.25) is 0 Å². The van der Waals surface area contributed by atoms with Crippen LogP contribution in [0.5, 0.6) is 0 Å². The quantitative estimate of drug-likeness (QED) is 0.789. The van der Waals surface area contributed by atoms with Crippen molar-refractivity contribution in [1.82, 2.24) is 0 Å². The van der Waals surface area contributed by atoms with Gasteiger partial charge < -0.3 is 4.90 Å². The number of carbonyl (C=O) groups excluding carboxylic acids is 1. The fraction of sp³-hybridized carbons (Fsp3) is 0.929. The number of nitrogens with one attached hydrogen (secondary N) is 1. The maximum atomic E-state index is 12.2. The van der Waals surface area contributed by atoms with Crippen LogP contribution in [0.4, 0.5) is 0 Å². The summed E-state index contributed by atoms with van der Waals surface area (Å²) in [6.45, 7) is 5.54. The van der Waals surface area contributed by atoms with E-state index in [1.807, 2.05) is 0 Å². The van der Waals surface area contributed by atoms with Crippen molar-refractivity contribution in [2.45, 2.75) is 50.3 Å². The summed E-state index contributed by atoms with van der Waals surface area (Å²) in [5.74, 6) is 1.78. The Labute approximate surface area is 113 Å². The lowest BCUT2D eigenvalue weighted by molar-refractivity contribution is -0.898. The first-order valence-electron chi connectivity index (χ1n) is 7.15. The van der Waals surface area contributed by atoms with Gasteiger partial charge in [-0.1, -0.05) is 22.9 Å². The Kier molecular flexibility index (Phi) is 5.04. The summed E-state index contributed by atoms with van der Waals surface area (Å²) >= 11 is 3.65. The lowest BCUT2D eigenvalue weighted by Gasteiger charge is -2.29. The summed E-state index contributed by atoms with van der Waals surface area (Å²) in [4.78, 5) is 14.4. The van der Waals surface area contributed by atoms with E-state index >= 15 is 0 Å². The largest absolute Gasteiger partial charge is 0.329 e. The monoisotopic (exact) mass is 302 g/mol. The molecule has 1 saturated heterocycles. The van der Waals surface area contributed by atoms with E-state index in [9.17, 15) is 4.79 Å². The second kappa shape index (κ2) is 6.33. The second-order valence-electron chi connectivity index (χ2n) is 6.02. The van der Waals surface area contributed by atoms with Crippen LogP contribution in [0, 0.1) is 11.8 Å². The summed E-state index contributed by atoms with van der Waals surface area (Å²) < 4.78 is 0. The predicted octanol–water partition coefficient (Wildman–Crippen LogP) is 1.82. The van der Waals surface area contributed by atoms with E-state index in [1.54, 1.807) is 0 Å². The zero-order chi connectivity index (χ0) is 12.3. The standard InChI is InChI=1S/C14H24BrNO/c1-11-6-8-16(9-7-11)10-14(17)12-2-4-13(15)5-3-12/h11-13H,2-10H2,1H3/p+1. The van der Waals surface area contributed by atoms with Crippen LogP contribution in [0.1, 0.15) is 45.4 Å². The summed E-state index contributed by atoms with van der Waals surface area (Å²) in [7, 11) is 0. The molecule has 0 unspecified atom stereocenters. The summed E-state index contributed by atoms with van der Waals surface area (Å²) in [5, 5.41) is 0. The molecule has 3 heteroatoms. The van der Waals surface area contributed by atoms with Crippen molar-refractivity contribution in [3.63, 3.8) is 0 Å². The first-order chi connectivity index (χ1) is 8.15. The molecule has 2 fully saturated rings. The average Bonchev–Trinajstić information content (AvgIpc) is 2.33. The highest BCUT2D eigenvalue weighted by Crippen LogP contribution is 2.28. The number of hydrogen-bond acceptors (Lipinski definition) is 1. The number of piperidine rings is 1. The van der Waals surface area contributed by atoms with Gasteiger partial charge in [0.25, 0.3) is 0 Å². The first kappa shape index (κ1) is 13.5. The lowest BCUT2D eigenvalue weighted by atomic mass is 9.85. The number of ketones is 1. The third-order valence-electron chi connectivity index (χ3n) is 4.52. The maximum Gasteiger partial charge on any atom is 0.189 e. The summed E-state index contributed by atoms with van der Waals surface area (Å²) in [5.41, 5.74) is 0. The average molecular weight is 303 g/mol. The highest BCUT2D eigenvalue weighted by molar-refractivity contribution is 9.09. The zero-order valence-corrected chi connectivity index (χ0v) is 12.5. The molecule has 0 aromatic rings. The minimum atomic E-state index is 0.371. The van der Waals surface area contributed by atoms with Crippen LogP contribution in [-0.2, 0) is 4.79 Å². The molecule has 1 saturated carbocycles. The molecular formula is C14H25BrNO+. The fourth-order valence-electron chi connectivity index (χ4n) is 3.11. The van der Waals surface area contributed by atoms with Crippen LogP contribution in [0.3, 0.4) is 0 Å². The Morgan fingerprint density at radius 3 is 2.29 bits per heavy atom. The van der Waals surface area contributed by atoms with Gasteiger partial charge in [0.15, 0.2) is 5.78 Å². The minimum Gasteiger partial charge on any atom is -0.329 e. The molecule has 1 N–H and O–H groups in total. The zero-order valence-electron chi connectivity index (χ0n) is 10.9. The molecule has 0 aromatic carbocycles. The lowest BCUT2D eigenvalue weighted by Crippen LogP contribution is -3.14. The number of likely N-dealkylation sites (tertiary alicyclic amines) is 1. The molecule has 0 aromatic heterocycles. The van der Waals surface area contributed by atoms with Gasteiger partial charge >= 0.3 is 0 Å². The smallest absolute Gasteiger partial charge is 0.189 e. The normalized spacial score (nSPS) is 38.9. The van der Waals surface area contributed by atoms with Crippen LogP contribution >= 0.6 is 15.9 Å². The number of quaternary nitrogens is 1. The highest BCUT2D eigenvalue weighted by atomic mass is 79.9.